The highest BCUT2D eigenvalue weighted by Gasteiger charge is 2.28. The molecule has 0 spiro atoms. The summed E-state index contributed by atoms with van der Waals surface area (Å²) in [6, 6.07) is 20.6. The average Bonchev–Trinajstić information content (AvgIpc) is 3.11. The molecule has 164 valence electrons. The summed E-state index contributed by atoms with van der Waals surface area (Å²) in [5.41, 5.74) is 6.25. The summed E-state index contributed by atoms with van der Waals surface area (Å²) in [5, 5.41) is 1.02. The number of nitrogens with zero attached hydrogens (tertiary/aromatic N) is 4. The Morgan fingerprint density at radius 1 is 0.938 bits per heavy atom. The molecule has 6 heteroatoms. The second-order valence-electron chi connectivity index (χ2n) is 8.16. The number of aryl methyl sites for hydroxylation is 2. The van der Waals surface area contributed by atoms with E-state index in [0.29, 0.717) is 13.1 Å². The number of hydrogen-bond donors (Lipinski definition) is 0. The fourth-order valence-corrected chi connectivity index (χ4v) is 4.56. The number of benzene rings is 2. The lowest BCUT2D eigenvalue weighted by molar-refractivity contribution is 0.0749. The van der Waals surface area contributed by atoms with Crippen LogP contribution < -0.4 is 4.90 Å². The van der Waals surface area contributed by atoms with Gasteiger partial charge < -0.3 is 14.4 Å². The number of halogens is 1. The summed E-state index contributed by atoms with van der Waals surface area (Å²) in [7, 11) is 2.06. The molecule has 0 atom stereocenters. The van der Waals surface area contributed by atoms with E-state index in [2.05, 4.69) is 64.8 Å². The van der Waals surface area contributed by atoms with Crippen molar-refractivity contribution in [3.8, 4) is 11.3 Å². The highest BCUT2D eigenvalue weighted by molar-refractivity contribution is 6.13. The Hall–Kier alpha value is -3.31. The van der Waals surface area contributed by atoms with Gasteiger partial charge in [-0.3, -0.25) is 9.78 Å². The topological polar surface area (TPSA) is 41.4 Å². The zero-order chi connectivity index (χ0) is 21.4. The van der Waals surface area contributed by atoms with Crippen LogP contribution >= 0.6 is 12.4 Å². The Bertz CT molecular complexity index is 1230. The van der Waals surface area contributed by atoms with Crippen LogP contribution in [-0.4, -0.2) is 46.5 Å². The van der Waals surface area contributed by atoms with E-state index in [1.807, 2.05) is 35.4 Å². The van der Waals surface area contributed by atoms with Crippen molar-refractivity contribution in [3.63, 3.8) is 0 Å². The number of pyridine rings is 1. The molecule has 5 rings (SSSR count). The van der Waals surface area contributed by atoms with Gasteiger partial charge in [-0.1, -0.05) is 42.5 Å². The van der Waals surface area contributed by atoms with Crippen molar-refractivity contribution in [2.24, 2.45) is 7.05 Å². The average molecular weight is 447 g/mol. The van der Waals surface area contributed by atoms with Crippen molar-refractivity contribution < 1.29 is 4.79 Å². The van der Waals surface area contributed by atoms with Gasteiger partial charge in [0, 0.05) is 50.3 Å². The lowest BCUT2D eigenvalue weighted by Gasteiger charge is -2.36. The van der Waals surface area contributed by atoms with Crippen molar-refractivity contribution in [1.29, 1.82) is 0 Å². The molecule has 1 aliphatic heterocycles. The number of amides is 1. The minimum absolute atomic E-state index is 0. The fourth-order valence-electron chi connectivity index (χ4n) is 4.56. The van der Waals surface area contributed by atoms with Crippen molar-refractivity contribution >= 4 is 34.9 Å². The SMILES string of the molecule is Cc1ccc2c(C(=O)N3CCN(c4cccnc4)CC3)c(-c3ccccc3)n(C)c2c1.Cl. The van der Waals surface area contributed by atoms with Crippen LogP contribution in [0, 0.1) is 6.92 Å². The van der Waals surface area contributed by atoms with Crippen molar-refractivity contribution in [3.05, 3.63) is 84.2 Å². The number of anilines is 1. The fraction of sp³-hybridized carbons (Fsp3) is 0.231. The van der Waals surface area contributed by atoms with Crippen LogP contribution in [0.3, 0.4) is 0 Å². The smallest absolute Gasteiger partial charge is 0.256 e. The normalized spacial score (nSPS) is 13.8. The molecule has 0 unspecified atom stereocenters. The first-order valence-corrected chi connectivity index (χ1v) is 10.7. The third-order valence-electron chi connectivity index (χ3n) is 6.20. The minimum atomic E-state index is 0. The highest BCUT2D eigenvalue weighted by Crippen LogP contribution is 2.34. The first-order valence-electron chi connectivity index (χ1n) is 10.7. The Morgan fingerprint density at radius 2 is 1.69 bits per heavy atom. The summed E-state index contributed by atoms with van der Waals surface area (Å²) < 4.78 is 2.16. The van der Waals surface area contributed by atoms with Gasteiger partial charge in [0.25, 0.3) is 5.91 Å². The van der Waals surface area contributed by atoms with Crippen molar-refractivity contribution in [1.82, 2.24) is 14.5 Å². The molecule has 0 aliphatic carbocycles. The summed E-state index contributed by atoms with van der Waals surface area (Å²) in [4.78, 5) is 22.3. The molecule has 1 amide bonds. The van der Waals surface area contributed by atoms with E-state index in [1.54, 1.807) is 6.20 Å². The Morgan fingerprint density at radius 3 is 2.38 bits per heavy atom. The maximum absolute atomic E-state index is 13.8. The van der Waals surface area contributed by atoms with Crippen molar-refractivity contribution in [2.45, 2.75) is 6.92 Å². The summed E-state index contributed by atoms with van der Waals surface area (Å²) in [6.45, 7) is 5.10. The Balaban J connectivity index is 0.00000245. The predicted octanol–water partition coefficient (Wildman–Crippen LogP) is 4.93. The summed E-state index contributed by atoms with van der Waals surface area (Å²) in [5.74, 6) is 0.110. The quantitative estimate of drug-likeness (QED) is 0.448. The van der Waals surface area contributed by atoms with Gasteiger partial charge in [-0.25, -0.2) is 0 Å². The number of carbonyl (C=O) groups is 1. The molecule has 4 aromatic rings. The molecule has 2 aromatic carbocycles. The molecular weight excluding hydrogens is 420 g/mol. The number of aromatic nitrogens is 2. The molecule has 0 N–H and O–H groups in total. The second-order valence-corrected chi connectivity index (χ2v) is 8.16. The molecule has 5 nitrogen and oxygen atoms in total. The van der Waals surface area contributed by atoms with Gasteiger partial charge in [-0.2, -0.15) is 0 Å². The highest BCUT2D eigenvalue weighted by atomic mass is 35.5. The molecule has 1 aliphatic rings. The van der Waals surface area contributed by atoms with Crippen LogP contribution in [0.15, 0.2) is 73.1 Å². The molecule has 2 aromatic heterocycles. The first-order chi connectivity index (χ1) is 15.1. The van der Waals surface area contributed by atoms with Gasteiger partial charge in [-0.05, 0) is 36.2 Å². The van der Waals surface area contributed by atoms with Crippen LogP contribution in [0.1, 0.15) is 15.9 Å². The third-order valence-corrected chi connectivity index (χ3v) is 6.20. The van der Waals surface area contributed by atoms with E-state index in [4.69, 9.17) is 0 Å². The predicted molar refractivity (Wildman–Crippen MR) is 133 cm³/mol. The Kier molecular flexibility index (Phi) is 6.19. The van der Waals surface area contributed by atoms with E-state index >= 15 is 0 Å². The molecule has 0 radical (unpaired) electrons. The largest absolute Gasteiger partial charge is 0.367 e. The van der Waals surface area contributed by atoms with E-state index in [1.165, 1.54) is 5.56 Å². The number of rotatable bonds is 3. The van der Waals surface area contributed by atoms with Crippen LogP contribution in [0.4, 0.5) is 5.69 Å². The third kappa shape index (κ3) is 3.84. The zero-order valence-corrected chi connectivity index (χ0v) is 19.2. The maximum Gasteiger partial charge on any atom is 0.256 e. The molecule has 1 saturated heterocycles. The molecule has 1 fully saturated rings. The van der Waals surface area contributed by atoms with Gasteiger partial charge in [-0.15, -0.1) is 12.4 Å². The second kappa shape index (κ2) is 9.05. The summed E-state index contributed by atoms with van der Waals surface area (Å²) in [6.07, 6.45) is 3.68. The number of hydrogen-bond acceptors (Lipinski definition) is 3. The van der Waals surface area contributed by atoms with Gasteiger partial charge in [0.15, 0.2) is 0 Å². The minimum Gasteiger partial charge on any atom is -0.367 e. The lowest BCUT2D eigenvalue weighted by atomic mass is 10.0. The standard InChI is InChI=1S/C26H26N4O.ClH/c1-19-10-11-22-23(17-19)28(2)25(20-7-4-3-5-8-20)24(22)26(31)30-15-13-29(14-16-30)21-9-6-12-27-18-21;/h3-12,17-18H,13-16H2,1-2H3;1H. The van der Waals surface area contributed by atoms with E-state index in [-0.39, 0.29) is 18.3 Å². The molecule has 0 bridgehead atoms. The zero-order valence-electron chi connectivity index (χ0n) is 18.4. The molecule has 0 saturated carbocycles. The lowest BCUT2D eigenvalue weighted by Crippen LogP contribution is -2.48. The number of fused-ring (bicyclic) bond motifs is 1. The first kappa shape index (κ1) is 21.9. The van der Waals surface area contributed by atoms with Gasteiger partial charge in [0.05, 0.1) is 23.1 Å². The van der Waals surface area contributed by atoms with E-state index in [9.17, 15) is 4.79 Å². The Labute approximate surface area is 194 Å². The monoisotopic (exact) mass is 446 g/mol. The summed E-state index contributed by atoms with van der Waals surface area (Å²) >= 11 is 0. The van der Waals surface area contributed by atoms with E-state index < -0.39 is 0 Å². The molecule has 32 heavy (non-hydrogen) atoms. The van der Waals surface area contributed by atoms with Crippen molar-refractivity contribution in [2.75, 3.05) is 31.1 Å². The molecule has 3 heterocycles. The van der Waals surface area contributed by atoms with Crippen LogP contribution in [0.5, 0.6) is 0 Å². The van der Waals surface area contributed by atoms with Crippen LogP contribution in [0.25, 0.3) is 22.2 Å². The van der Waals surface area contributed by atoms with Crippen LogP contribution in [0.2, 0.25) is 0 Å². The maximum atomic E-state index is 13.8. The van der Waals surface area contributed by atoms with Crippen LogP contribution in [-0.2, 0) is 7.05 Å². The van der Waals surface area contributed by atoms with E-state index in [0.717, 1.165) is 46.5 Å². The molecular formula is C26H27ClN4O. The van der Waals surface area contributed by atoms with Gasteiger partial charge in [0.2, 0.25) is 0 Å². The van der Waals surface area contributed by atoms with Gasteiger partial charge in [0.1, 0.15) is 0 Å². The number of carbonyl (C=O) groups excluding carboxylic acids is 1. The number of piperazine rings is 1. The van der Waals surface area contributed by atoms with Gasteiger partial charge >= 0.3 is 0 Å².